The van der Waals surface area contributed by atoms with Crippen LogP contribution in [-0.4, -0.2) is 10.8 Å². The predicted molar refractivity (Wildman–Crippen MR) is 208 cm³/mol. The number of aromatic nitrogens is 1. The maximum Gasteiger partial charge on any atom is 0.200 e. The Kier molecular flexibility index (Phi) is 20.3. The molecule has 0 aliphatic heterocycles. The number of carbonyl (C=O) groups excluding carboxylic acids is 1. The highest BCUT2D eigenvalue weighted by atomic mass is 35.5. The Labute approximate surface area is 296 Å². The molecule has 1 aromatic carbocycles. The van der Waals surface area contributed by atoms with Gasteiger partial charge in [-0.25, -0.2) is 9.37 Å². The molecule has 0 atom stereocenters. The summed E-state index contributed by atoms with van der Waals surface area (Å²) >= 11 is 5.82. The molecule has 0 amide bonds. The molecule has 0 radical (unpaired) electrons. The van der Waals surface area contributed by atoms with Crippen molar-refractivity contribution in [2.75, 3.05) is 5.73 Å². The van der Waals surface area contributed by atoms with Crippen LogP contribution in [-0.2, 0) is 0 Å². The SMILES string of the molecule is CCCC.CCCC(C)(C)C.CC\C=c1/cc(C(=O)C(C)C)o/c1=C(/C=C(\C)c1ccc(Cl)c(F)c1)C(C)(C)C.Cc1cccc(N)n1. The number of halogens is 2. The van der Waals surface area contributed by atoms with Crippen LogP contribution in [0.25, 0.3) is 17.2 Å². The first-order chi connectivity index (χ1) is 22.2. The number of Topliss-reactive ketones (excluding diaryl/α,β-unsaturated/α-hetero) is 1. The van der Waals surface area contributed by atoms with Gasteiger partial charge in [-0.15, -0.1) is 0 Å². The number of hydrogen-bond acceptors (Lipinski definition) is 4. The Balaban J connectivity index is 0.000000937. The first-order valence-electron chi connectivity index (χ1n) is 17.4. The molecular weight excluding hydrogens is 619 g/mol. The molecule has 0 fully saturated rings. The smallest absolute Gasteiger partial charge is 0.200 e. The van der Waals surface area contributed by atoms with Gasteiger partial charge >= 0.3 is 0 Å². The zero-order valence-corrected chi connectivity index (χ0v) is 33.2. The van der Waals surface area contributed by atoms with E-state index < -0.39 is 5.82 Å². The number of rotatable bonds is 7. The molecule has 0 saturated heterocycles. The molecule has 2 aromatic heterocycles. The van der Waals surface area contributed by atoms with Gasteiger partial charge in [-0.3, -0.25) is 4.79 Å². The van der Waals surface area contributed by atoms with Crippen LogP contribution in [0.3, 0.4) is 0 Å². The topological polar surface area (TPSA) is 69.1 Å². The number of anilines is 1. The van der Waals surface area contributed by atoms with Gasteiger partial charge in [0.05, 0.1) is 5.02 Å². The third-order valence-electron chi connectivity index (χ3n) is 7.15. The van der Waals surface area contributed by atoms with Gasteiger partial charge in [-0.05, 0) is 79.0 Å². The number of furan rings is 1. The minimum atomic E-state index is -0.447. The fraction of sp³-hybridized carbons (Fsp3) is 0.524. The summed E-state index contributed by atoms with van der Waals surface area (Å²) in [5.41, 5.74) is 9.89. The van der Waals surface area contributed by atoms with Crippen molar-refractivity contribution in [3.8, 4) is 0 Å². The Morgan fingerprint density at radius 1 is 0.979 bits per heavy atom. The van der Waals surface area contributed by atoms with Crippen molar-refractivity contribution in [3.63, 3.8) is 0 Å². The third-order valence-corrected chi connectivity index (χ3v) is 7.46. The summed E-state index contributed by atoms with van der Waals surface area (Å²) in [6, 6.07) is 12.2. The summed E-state index contributed by atoms with van der Waals surface area (Å²) in [5, 5.41) is 1.01. The van der Waals surface area contributed by atoms with Gasteiger partial charge in [0.15, 0.2) is 5.76 Å². The molecule has 48 heavy (non-hydrogen) atoms. The molecular formula is C42H64ClFN2O2. The Bertz CT molecular complexity index is 1530. The number of carbonyl (C=O) groups is 1. The number of nitrogens with zero attached hydrogens (tertiary/aromatic N) is 1. The predicted octanol–water partition coefficient (Wildman–Crippen LogP) is 12.0. The van der Waals surface area contributed by atoms with Gasteiger partial charge < -0.3 is 10.2 Å². The first-order valence-corrected chi connectivity index (χ1v) is 17.8. The van der Waals surface area contributed by atoms with Crippen molar-refractivity contribution in [2.45, 2.75) is 129 Å². The number of nitrogens with two attached hydrogens (primary N) is 1. The van der Waals surface area contributed by atoms with Crippen LogP contribution in [0.5, 0.6) is 0 Å². The molecule has 0 spiro atoms. The number of unbranched alkanes of at least 4 members (excludes halogenated alkanes) is 1. The molecule has 0 aliphatic rings. The molecule has 2 N–H and O–H groups in total. The number of allylic oxidation sites excluding steroid dienone is 2. The standard InChI is InChI=1S/C25H30ClFO2.C7H16.C6H8N2.C4H10/c1-8-9-18-14-22(23(28)15(2)3)29-24(18)19(25(5,6)7)12-16(4)17-10-11-20(26)21(27)13-17;1-5-6-7(2,3)4;1-5-3-2-4-6(7)8-5;1-3-4-2/h9-15H,8H2,1-7H3;5-6H2,1-4H3;2-4H,1H3,(H2,7,8);3-4H2,1-2H3/b16-12+,18-9+,24-19-;;;. The lowest BCUT2D eigenvalue weighted by Gasteiger charge is -2.20. The largest absolute Gasteiger partial charge is 0.453 e. The van der Waals surface area contributed by atoms with E-state index in [2.05, 4.69) is 80.3 Å². The summed E-state index contributed by atoms with van der Waals surface area (Å²) in [6.45, 7) is 29.3. The van der Waals surface area contributed by atoms with Gasteiger partial charge in [0.25, 0.3) is 0 Å². The van der Waals surface area contributed by atoms with Crippen LogP contribution in [0.1, 0.15) is 144 Å². The third kappa shape index (κ3) is 17.3. The highest BCUT2D eigenvalue weighted by Crippen LogP contribution is 2.30. The van der Waals surface area contributed by atoms with E-state index in [4.69, 9.17) is 21.8 Å². The number of aryl methyl sites for hydroxylation is 1. The number of ketones is 1. The molecule has 3 rings (SSSR count). The van der Waals surface area contributed by atoms with Crippen LogP contribution in [0.4, 0.5) is 10.2 Å². The molecule has 0 unspecified atom stereocenters. The van der Waals surface area contributed by atoms with Crippen LogP contribution in [0.2, 0.25) is 5.02 Å². The summed E-state index contributed by atoms with van der Waals surface area (Å²) in [4.78, 5) is 16.5. The lowest BCUT2D eigenvalue weighted by molar-refractivity contribution is 0.0909. The Morgan fingerprint density at radius 2 is 1.58 bits per heavy atom. The van der Waals surface area contributed by atoms with Crippen LogP contribution in [0, 0.1) is 29.5 Å². The second-order valence-electron chi connectivity index (χ2n) is 14.7. The van der Waals surface area contributed by atoms with Crippen molar-refractivity contribution < 1.29 is 13.6 Å². The molecule has 268 valence electrons. The van der Waals surface area contributed by atoms with Gasteiger partial charge in [0.2, 0.25) is 5.78 Å². The molecule has 4 nitrogen and oxygen atoms in total. The molecule has 0 saturated carbocycles. The minimum Gasteiger partial charge on any atom is -0.453 e. The Hall–Kier alpha value is -3.18. The molecule has 3 aromatic rings. The maximum atomic E-state index is 13.9. The fourth-order valence-electron chi connectivity index (χ4n) is 4.37. The average Bonchev–Trinajstić information content (AvgIpc) is 3.39. The van der Waals surface area contributed by atoms with E-state index in [0.717, 1.165) is 34.0 Å². The molecule has 0 bridgehead atoms. The van der Waals surface area contributed by atoms with Crippen LogP contribution >= 0.6 is 11.6 Å². The first kappa shape index (κ1) is 44.8. The fourth-order valence-corrected chi connectivity index (χ4v) is 4.49. The number of benzene rings is 1. The van der Waals surface area contributed by atoms with Crippen LogP contribution in [0.15, 0.2) is 53.0 Å². The quantitative estimate of drug-likeness (QED) is 0.252. The normalized spacial score (nSPS) is 12.7. The monoisotopic (exact) mass is 682 g/mol. The highest BCUT2D eigenvalue weighted by Gasteiger charge is 2.21. The van der Waals surface area contributed by atoms with E-state index in [1.54, 1.807) is 18.2 Å². The van der Waals surface area contributed by atoms with Crippen molar-refractivity contribution in [2.24, 2.45) is 16.7 Å². The summed E-state index contributed by atoms with van der Waals surface area (Å²) in [7, 11) is 0. The van der Waals surface area contributed by atoms with Gasteiger partial charge in [-0.2, -0.15) is 0 Å². The number of pyridine rings is 1. The zero-order chi connectivity index (χ0) is 37.2. The second kappa shape index (κ2) is 21.7. The van der Waals surface area contributed by atoms with E-state index >= 15 is 0 Å². The lowest BCUT2D eigenvalue weighted by atomic mass is 9.84. The zero-order valence-electron chi connectivity index (χ0n) is 32.4. The number of nitrogen functional groups attached to an aromatic ring is 1. The summed E-state index contributed by atoms with van der Waals surface area (Å²) < 4.78 is 20.0. The van der Waals surface area contributed by atoms with Gasteiger partial charge in [-0.1, -0.05) is 138 Å². The van der Waals surface area contributed by atoms with E-state index in [1.807, 2.05) is 52.0 Å². The van der Waals surface area contributed by atoms with E-state index in [0.29, 0.717) is 22.4 Å². The van der Waals surface area contributed by atoms with Crippen LogP contribution < -0.4 is 16.4 Å². The summed E-state index contributed by atoms with van der Waals surface area (Å²) in [5.74, 6) is 0.355. The van der Waals surface area contributed by atoms with E-state index in [1.165, 1.54) is 31.7 Å². The molecule has 6 heteroatoms. The minimum absolute atomic E-state index is 0.0178. The maximum absolute atomic E-state index is 13.9. The summed E-state index contributed by atoms with van der Waals surface area (Å²) in [6.07, 6.45) is 10.2. The van der Waals surface area contributed by atoms with Gasteiger partial charge in [0.1, 0.15) is 17.1 Å². The molecule has 2 heterocycles. The molecule has 0 aliphatic carbocycles. The lowest BCUT2D eigenvalue weighted by Crippen LogP contribution is -2.27. The van der Waals surface area contributed by atoms with Gasteiger partial charge in [0, 0.05) is 22.4 Å². The average molecular weight is 683 g/mol. The highest BCUT2D eigenvalue weighted by molar-refractivity contribution is 6.30. The van der Waals surface area contributed by atoms with Crippen molar-refractivity contribution in [1.82, 2.24) is 4.98 Å². The number of hydrogen-bond donors (Lipinski definition) is 1. The Morgan fingerprint density at radius 3 is 1.96 bits per heavy atom. The van der Waals surface area contributed by atoms with E-state index in [9.17, 15) is 9.18 Å². The van der Waals surface area contributed by atoms with E-state index in [-0.39, 0.29) is 22.1 Å². The second-order valence-corrected chi connectivity index (χ2v) is 15.1. The van der Waals surface area contributed by atoms with Crippen molar-refractivity contribution in [1.29, 1.82) is 0 Å². The van der Waals surface area contributed by atoms with Crippen molar-refractivity contribution >= 4 is 40.4 Å². The van der Waals surface area contributed by atoms with Crippen molar-refractivity contribution in [3.05, 3.63) is 87.0 Å².